The summed E-state index contributed by atoms with van der Waals surface area (Å²) in [6.45, 7) is 0.240. The van der Waals surface area contributed by atoms with Crippen LogP contribution in [0.15, 0.2) is 34.6 Å². The van der Waals surface area contributed by atoms with Crippen LogP contribution in [0.5, 0.6) is 0 Å². The zero-order valence-electron chi connectivity index (χ0n) is 9.20. The lowest BCUT2D eigenvalue weighted by atomic mass is 10.1. The van der Waals surface area contributed by atoms with E-state index in [-0.39, 0.29) is 17.1 Å². The van der Waals surface area contributed by atoms with Crippen molar-refractivity contribution >= 4 is 22.7 Å². The van der Waals surface area contributed by atoms with Crippen LogP contribution in [0, 0.1) is 10.1 Å². The Balaban J connectivity index is 2.41. The summed E-state index contributed by atoms with van der Waals surface area (Å²) >= 11 is 1.07. The molecule has 8 heteroatoms. The van der Waals surface area contributed by atoms with Crippen molar-refractivity contribution in [3.8, 4) is 0 Å². The van der Waals surface area contributed by atoms with Gasteiger partial charge in [-0.2, -0.15) is 0 Å². The smallest absolute Gasteiger partial charge is 0.307 e. The number of benzene rings is 1. The highest BCUT2D eigenvalue weighted by Gasteiger charge is 2.11. The Kier molecular flexibility index (Phi) is 3.40. The summed E-state index contributed by atoms with van der Waals surface area (Å²) in [5.41, 5.74) is 3.57. The van der Waals surface area contributed by atoms with Gasteiger partial charge in [0, 0.05) is 29.3 Å². The van der Waals surface area contributed by atoms with Gasteiger partial charge in [-0.25, -0.2) is 0 Å². The van der Waals surface area contributed by atoms with Crippen LogP contribution < -0.4 is 16.1 Å². The monoisotopic (exact) mass is 266 g/mol. The molecule has 0 unspecified atom stereocenters. The fourth-order valence-corrected chi connectivity index (χ4v) is 2.14. The molecule has 0 saturated heterocycles. The van der Waals surface area contributed by atoms with E-state index in [0.29, 0.717) is 11.3 Å². The Hall–Kier alpha value is -2.19. The largest absolute Gasteiger partial charge is 0.324 e. The second-order valence-corrected chi connectivity index (χ2v) is 4.40. The highest BCUT2D eigenvalue weighted by atomic mass is 32.1. The molecule has 0 bridgehead atoms. The number of hydrogen-bond acceptors (Lipinski definition) is 6. The van der Waals surface area contributed by atoms with Gasteiger partial charge in [0.25, 0.3) is 5.69 Å². The number of nitrogens with one attached hydrogen (secondary N) is 1. The molecule has 1 aromatic heterocycles. The zero-order chi connectivity index (χ0) is 13.1. The average molecular weight is 266 g/mol. The van der Waals surface area contributed by atoms with E-state index < -0.39 is 4.92 Å². The van der Waals surface area contributed by atoms with Crippen molar-refractivity contribution in [2.24, 2.45) is 5.84 Å². The zero-order valence-corrected chi connectivity index (χ0v) is 10.0. The maximum atomic E-state index is 11.4. The predicted molar refractivity (Wildman–Crippen MR) is 68.6 cm³/mol. The van der Waals surface area contributed by atoms with Crippen molar-refractivity contribution in [2.45, 2.75) is 6.54 Å². The summed E-state index contributed by atoms with van der Waals surface area (Å²) in [7, 11) is 0. The second kappa shape index (κ2) is 4.98. The van der Waals surface area contributed by atoms with Crippen molar-refractivity contribution in [3.63, 3.8) is 0 Å². The Labute approximate surface area is 106 Å². The number of thiazole rings is 1. The minimum atomic E-state index is -0.486. The summed E-state index contributed by atoms with van der Waals surface area (Å²) in [6.07, 6.45) is 1.63. The molecule has 94 valence electrons. The van der Waals surface area contributed by atoms with E-state index in [4.69, 9.17) is 5.84 Å². The van der Waals surface area contributed by atoms with Gasteiger partial charge in [-0.05, 0) is 6.07 Å². The van der Waals surface area contributed by atoms with Crippen LogP contribution in [-0.2, 0) is 6.54 Å². The molecule has 0 radical (unpaired) electrons. The van der Waals surface area contributed by atoms with Crippen molar-refractivity contribution in [1.29, 1.82) is 0 Å². The Morgan fingerprint density at radius 1 is 1.50 bits per heavy atom. The molecular formula is C10H10N4O3S. The molecule has 0 amide bonds. The Bertz CT molecular complexity index is 634. The summed E-state index contributed by atoms with van der Waals surface area (Å²) in [4.78, 5) is 21.5. The number of nitro groups is 1. The third kappa shape index (κ3) is 2.39. The van der Waals surface area contributed by atoms with E-state index in [9.17, 15) is 14.9 Å². The topological polar surface area (TPSA) is 103 Å². The van der Waals surface area contributed by atoms with Crippen LogP contribution >= 0.6 is 11.3 Å². The average Bonchev–Trinajstić information content (AvgIpc) is 2.75. The summed E-state index contributed by atoms with van der Waals surface area (Å²) < 4.78 is 1.46. The van der Waals surface area contributed by atoms with Gasteiger partial charge in [-0.15, -0.1) is 0 Å². The number of nitro benzene ring substituents is 1. The van der Waals surface area contributed by atoms with E-state index in [2.05, 4.69) is 5.43 Å². The van der Waals surface area contributed by atoms with Gasteiger partial charge in [0.1, 0.15) is 0 Å². The molecule has 7 nitrogen and oxygen atoms in total. The molecule has 1 aromatic carbocycles. The molecule has 0 fully saturated rings. The molecule has 2 rings (SSSR count). The number of aromatic nitrogens is 1. The number of non-ortho nitro benzene ring substituents is 1. The fourth-order valence-electron chi connectivity index (χ4n) is 1.56. The maximum Gasteiger partial charge on any atom is 0.307 e. The van der Waals surface area contributed by atoms with Crippen molar-refractivity contribution in [2.75, 3.05) is 5.43 Å². The lowest BCUT2D eigenvalue weighted by Crippen LogP contribution is -2.16. The molecule has 0 spiro atoms. The van der Waals surface area contributed by atoms with Crippen molar-refractivity contribution in [1.82, 2.24) is 4.57 Å². The van der Waals surface area contributed by atoms with Gasteiger partial charge >= 0.3 is 4.87 Å². The summed E-state index contributed by atoms with van der Waals surface area (Å²) in [5.74, 6) is 5.34. The normalized spacial score (nSPS) is 10.3. The van der Waals surface area contributed by atoms with Gasteiger partial charge in [0.2, 0.25) is 0 Å². The van der Waals surface area contributed by atoms with Gasteiger partial charge in [-0.3, -0.25) is 20.8 Å². The van der Waals surface area contributed by atoms with Crippen LogP contribution in [0.1, 0.15) is 5.56 Å². The highest BCUT2D eigenvalue weighted by Crippen LogP contribution is 2.22. The van der Waals surface area contributed by atoms with Gasteiger partial charge in [0.05, 0.1) is 17.2 Å². The minimum absolute atomic E-state index is 0.0349. The number of nitrogen functional groups attached to an aromatic ring is 1. The van der Waals surface area contributed by atoms with E-state index in [0.717, 1.165) is 11.3 Å². The molecule has 2 aromatic rings. The van der Waals surface area contributed by atoms with Crippen LogP contribution in [-0.4, -0.2) is 9.49 Å². The first-order valence-corrected chi connectivity index (χ1v) is 5.87. The number of rotatable bonds is 4. The molecule has 3 N–H and O–H groups in total. The third-order valence-corrected chi connectivity index (χ3v) is 3.13. The summed E-state index contributed by atoms with van der Waals surface area (Å²) in [5, 5.41) is 12.4. The number of nitrogens with zero attached hydrogens (tertiary/aromatic N) is 2. The number of hydrogen-bond donors (Lipinski definition) is 2. The van der Waals surface area contributed by atoms with Gasteiger partial charge in [0.15, 0.2) is 0 Å². The van der Waals surface area contributed by atoms with E-state index in [1.54, 1.807) is 11.6 Å². The molecule has 0 saturated carbocycles. The first-order chi connectivity index (χ1) is 8.61. The maximum absolute atomic E-state index is 11.4. The molecular weight excluding hydrogens is 256 g/mol. The second-order valence-electron chi connectivity index (χ2n) is 3.54. The van der Waals surface area contributed by atoms with Gasteiger partial charge < -0.3 is 9.99 Å². The quantitative estimate of drug-likeness (QED) is 0.491. The Morgan fingerprint density at radius 3 is 2.83 bits per heavy atom. The first-order valence-electron chi connectivity index (χ1n) is 4.99. The van der Waals surface area contributed by atoms with Crippen molar-refractivity contribution < 1.29 is 4.92 Å². The van der Waals surface area contributed by atoms with E-state index >= 15 is 0 Å². The van der Waals surface area contributed by atoms with Crippen LogP contribution in [0.4, 0.5) is 11.4 Å². The molecule has 0 aliphatic heterocycles. The number of hydrazine groups is 1. The van der Waals surface area contributed by atoms with E-state index in [1.807, 2.05) is 0 Å². The van der Waals surface area contributed by atoms with Crippen molar-refractivity contribution in [3.05, 3.63) is 55.1 Å². The standard InChI is InChI=1S/C10H10N4O3S/c11-12-9-2-1-8(14(16)17)5-7(9)6-13-3-4-18-10(13)15/h1-5,12H,6,11H2. The highest BCUT2D eigenvalue weighted by molar-refractivity contribution is 7.07. The minimum Gasteiger partial charge on any atom is -0.324 e. The van der Waals surface area contributed by atoms with Crippen LogP contribution in [0.25, 0.3) is 0 Å². The lowest BCUT2D eigenvalue weighted by Gasteiger charge is -2.08. The lowest BCUT2D eigenvalue weighted by molar-refractivity contribution is -0.384. The first kappa shape index (κ1) is 12.3. The fraction of sp³-hybridized carbons (Fsp3) is 0.100. The van der Waals surface area contributed by atoms with Crippen LogP contribution in [0.2, 0.25) is 0 Å². The molecule has 0 aliphatic carbocycles. The number of anilines is 1. The SMILES string of the molecule is NNc1ccc([N+](=O)[O-])cc1Cn1ccsc1=O. The summed E-state index contributed by atoms with van der Waals surface area (Å²) in [6, 6.07) is 4.28. The predicted octanol–water partition coefficient (Wildman–Crippen LogP) is 1.15. The van der Waals surface area contributed by atoms with Crippen LogP contribution in [0.3, 0.4) is 0 Å². The molecule has 0 atom stereocenters. The number of nitrogens with two attached hydrogens (primary N) is 1. The molecule has 1 heterocycles. The molecule has 0 aliphatic rings. The Morgan fingerprint density at radius 2 is 2.28 bits per heavy atom. The van der Waals surface area contributed by atoms with E-state index in [1.165, 1.54) is 22.8 Å². The molecule has 18 heavy (non-hydrogen) atoms. The van der Waals surface area contributed by atoms with Gasteiger partial charge in [-0.1, -0.05) is 11.3 Å². The third-order valence-electron chi connectivity index (χ3n) is 2.44.